The van der Waals surface area contributed by atoms with E-state index in [4.69, 9.17) is 9.47 Å². The average Bonchev–Trinajstić information content (AvgIpc) is 2.54. The largest absolute Gasteiger partial charge is 0.493 e. The number of piperidine rings is 1. The molecule has 5 heteroatoms. The number of rotatable bonds is 5. The van der Waals surface area contributed by atoms with E-state index in [0.717, 1.165) is 13.0 Å². The van der Waals surface area contributed by atoms with E-state index < -0.39 is 0 Å². The highest BCUT2D eigenvalue weighted by atomic mass is 16.5. The molecule has 1 aromatic rings. The molecule has 0 spiro atoms. The highest BCUT2D eigenvalue weighted by molar-refractivity contribution is 5.97. The summed E-state index contributed by atoms with van der Waals surface area (Å²) in [6, 6.07) is 5.75. The molecule has 116 valence electrons. The molecule has 1 aliphatic heterocycles. The summed E-state index contributed by atoms with van der Waals surface area (Å²) in [6.07, 6.45) is 3.56. The van der Waals surface area contributed by atoms with Crippen molar-refractivity contribution in [3.8, 4) is 11.5 Å². The van der Waals surface area contributed by atoms with Crippen LogP contribution in [-0.2, 0) is 0 Å². The number of carbonyl (C=O) groups excluding carboxylic acids is 1. The number of carbonyl (C=O) groups is 1. The van der Waals surface area contributed by atoms with Crippen LogP contribution in [0.2, 0.25) is 0 Å². The Hall–Kier alpha value is -1.75. The first kappa shape index (κ1) is 15.6. The number of benzene rings is 1. The Morgan fingerprint density at radius 2 is 2.14 bits per heavy atom. The van der Waals surface area contributed by atoms with Crippen molar-refractivity contribution in [1.29, 1.82) is 0 Å². The molecule has 1 N–H and O–H groups in total. The molecule has 5 nitrogen and oxygen atoms in total. The van der Waals surface area contributed by atoms with Crippen LogP contribution < -0.4 is 14.8 Å². The predicted octanol–water partition coefficient (Wildman–Crippen LogP) is 1.92. The number of amides is 1. The molecule has 21 heavy (non-hydrogen) atoms. The van der Waals surface area contributed by atoms with Gasteiger partial charge in [0.05, 0.1) is 19.8 Å². The van der Waals surface area contributed by atoms with E-state index in [1.165, 1.54) is 12.8 Å². The van der Waals surface area contributed by atoms with Gasteiger partial charge in [-0.25, -0.2) is 0 Å². The Kier molecular flexibility index (Phi) is 5.44. The lowest BCUT2D eigenvalue weighted by atomic mass is 10.0. The van der Waals surface area contributed by atoms with Gasteiger partial charge in [0.25, 0.3) is 5.91 Å². The fourth-order valence-electron chi connectivity index (χ4n) is 2.75. The normalized spacial score (nSPS) is 18.1. The zero-order chi connectivity index (χ0) is 15.2. The van der Waals surface area contributed by atoms with Crippen LogP contribution in [0, 0.1) is 0 Å². The van der Waals surface area contributed by atoms with E-state index in [1.54, 1.807) is 37.3 Å². The van der Waals surface area contributed by atoms with Crippen LogP contribution in [0.3, 0.4) is 0 Å². The average molecular weight is 292 g/mol. The second-order valence-corrected chi connectivity index (χ2v) is 5.37. The number of nitrogens with zero attached hydrogens (tertiary/aromatic N) is 1. The zero-order valence-corrected chi connectivity index (χ0v) is 13.0. The molecule has 1 fully saturated rings. The third-order valence-electron chi connectivity index (χ3n) is 3.89. The fraction of sp³-hybridized carbons (Fsp3) is 0.562. The number of methoxy groups -OCH3 is 2. The van der Waals surface area contributed by atoms with Crippen LogP contribution in [0.15, 0.2) is 18.2 Å². The van der Waals surface area contributed by atoms with E-state index in [-0.39, 0.29) is 5.91 Å². The monoisotopic (exact) mass is 292 g/mol. The van der Waals surface area contributed by atoms with Crippen molar-refractivity contribution in [2.45, 2.75) is 25.3 Å². The van der Waals surface area contributed by atoms with Crippen LogP contribution in [0.4, 0.5) is 0 Å². The lowest BCUT2D eigenvalue weighted by molar-refractivity contribution is 0.0771. The number of likely N-dealkylation sites (N-methyl/N-ethyl adjacent to an activating group) is 1. The van der Waals surface area contributed by atoms with Gasteiger partial charge in [-0.05, 0) is 31.5 Å². The van der Waals surface area contributed by atoms with Gasteiger partial charge in [0, 0.05) is 19.6 Å². The summed E-state index contributed by atoms with van der Waals surface area (Å²) in [6.45, 7) is 1.74. The summed E-state index contributed by atoms with van der Waals surface area (Å²) in [7, 11) is 4.95. The SMILES string of the molecule is COc1cccc(C(=O)N(C)CC2CCCCN2)c1OC. The molecule has 1 amide bonds. The maximum Gasteiger partial charge on any atom is 0.257 e. The molecule has 2 rings (SSSR count). The molecule has 1 unspecified atom stereocenters. The molecule has 1 saturated heterocycles. The summed E-state index contributed by atoms with van der Waals surface area (Å²) < 4.78 is 10.6. The molecular formula is C16H24N2O3. The lowest BCUT2D eigenvalue weighted by Crippen LogP contribution is -2.44. The van der Waals surface area contributed by atoms with Crippen molar-refractivity contribution in [3.05, 3.63) is 23.8 Å². The summed E-state index contributed by atoms with van der Waals surface area (Å²) in [5.74, 6) is 1.03. The number of nitrogens with one attached hydrogen (secondary N) is 1. The van der Waals surface area contributed by atoms with Crippen molar-refractivity contribution < 1.29 is 14.3 Å². The lowest BCUT2D eigenvalue weighted by Gasteiger charge is -2.28. The summed E-state index contributed by atoms with van der Waals surface area (Å²) in [4.78, 5) is 14.4. The molecule has 0 aromatic heterocycles. The van der Waals surface area contributed by atoms with Gasteiger partial charge in [0.15, 0.2) is 11.5 Å². The maximum atomic E-state index is 12.6. The van der Waals surface area contributed by atoms with Gasteiger partial charge in [-0.2, -0.15) is 0 Å². The molecule has 0 bridgehead atoms. The zero-order valence-electron chi connectivity index (χ0n) is 13.0. The second kappa shape index (κ2) is 7.31. The first-order valence-electron chi connectivity index (χ1n) is 7.37. The van der Waals surface area contributed by atoms with Crippen molar-refractivity contribution in [2.24, 2.45) is 0 Å². The minimum atomic E-state index is -0.0434. The molecule has 1 atom stereocenters. The van der Waals surface area contributed by atoms with Gasteiger partial charge < -0.3 is 19.7 Å². The summed E-state index contributed by atoms with van der Waals surface area (Å²) in [5, 5.41) is 3.46. The Morgan fingerprint density at radius 3 is 2.76 bits per heavy atom. The Bertz CT molecular complexity index is 484. The Morgan fingerprint density at radius 1 is 1.33 bits per heavy atom. The van der Waals surface area contributed by atoms with E-state index in [1.807, 2.05) is 7.05 Å². The van der Waals surface area contributed by atoms with Crippen LogP contribution in [0.25, 0.3) is 0 Å². The highest BCUT2D eigenvalue weighted by Crippen LogP contribution is 2.31. The molecule has 0 aliphatic carbocycles. The predicted molar refractivity (Wildman–Crippen MR) is 82.1 cm³/mol. The molecule has 0 radical (unpaired) electrons. The third-order valence-corrected chi connectivity index (χ3v) is 3.89. The van der Waals surface area contributed by atoms with Crippen molar-refractivity contribution >= 4 is 5.91 Å². The molecule has 1 heterocycles. The molecule has 0 saturated carbocycles. The number of hydrogen-bond donors (Lipinski definition) is 1. The van der Waals surface area contributed by atoms with Crippen molar-refractivity contribution in [3.63, 3.8) is 0 Å². The molecular weight excluding hydrogens is 268 g/mol. The van der Waals surface area contributed by atoms with E-state index in [9.17, 15) is 4.79 Å². The smallest absolute Gasteiger partial charge is 0.257 e. The van der Waals surface area contributed by atoms with Crippen LogP contribution in [0.5, 0.6) is 11.5 Å². The van der Waals surface area contributed by atoms with E-state index in [0.29, 0.717) is 29.6 Å². The first-order chi connectivity index (χ1) is 10.2. The van der Waals surface area contributed by atoms with Crippen LogP contribution in [-0.4, -0.2) is 51.2 Å². The summed E-state index contributed by atoms with van der Waals surface area (Å²) in [5.41, 5.74) is 0.537. The minimum Gasteiger partial charge on any atom is -0.493 e. The first-order valence-corrected chi connectivity index (χ1v) is 7.37. The van der Waals surface area contributed by atoms with Crippen molar-refractivity contribution in [1.82, 2.24) is 10.2 Å². The topological polar surface area (TPSA) is 50.8 Å². The summed E-state index contributed by atoms with van der Waals surface area (Å²) >= 11 is 0. The fourth-order valence-corrected chi connectivity index (χ4v) is 2.75. The number of hydrogen-bond acceptors (Lipinski definition) is 4. The van der Waals surface area contributed by atoms with Gasteiger partial charge in [0.2, 0.25) is 0 Å². The highest BCUT2D eigenvalue weighted by Gasteiger charge is 2.22. The molecule has 1 aromatic carbocycles. The quantitative estimate of drug-likeness (QED) is 0.901. The standard InChI is InChI=1S/C16H24N2O3/c1-18(11-12-7-4-5-10-17-12)16(19)13-8-6-9-14(20-2)15(13)21-3/h6,8-9,12,17H,4-5,7,10-11H2,1-3H3. The van der Waals surface area contributed by atoms with Gasteiger partial charge in [0.1, 0.15) is 0 Å². The van der Waals surface area contributed by atoms with Gasteiger partial charge in [-0.3, -0.25) is 4.79 Å². The van der Waals surface area contributed by atoms with Crippen molar-refractivity contribution in [2.75, 3.05) is 34.4 Å². The van der Waals surface area contributed by atoms with Gasteiger partial charge in [-0.1, -0.05) is 12.5 Å². The number of para-hydroxylation sites is 1. The van der Waals surface area contributed by atoms with Gasteiger partial charge >= 0.3 is 0 Å². The van der Waals surface area contributed by atoms with Crippen LogP contribution >= 0.6 is 0 Å². The third kappa shape index (κ3) is 3.67. The second-order valence-electron chi connectivity index (χ2n) is 5.37. The van der Waals surface area contributed by atoms with Crippen LogP contribution in [0.1, 0.15) is 29.6 Å². The Balaban J connectivity index is 2.11. The minimum absolute atomic E-state index is 0.0434. The Labute approximate surface area is 126 Å². The maximum absolute atomic E-state index is 12.6. The van der Waals surface area contributed by atoms with E-state index in [2.05, 4.69) is 5.32 Å². The molecule has 1 aliphatic rings. The van der Waals surface area contributed by atoms with Gasteiger partial charge in [-0.15, -0.1) is 0 Å². The number of ether oxygens (including phenoxy) is 2. The van der Waals surface area contributed by atoms with E-state index >= 15 is 0 Å².